The first kappa shape index (κ1) is 14.7. The summed E-state index contributed by atoms with van der Waals surface area (Å²) in [5.74, 6) is -0.469. The topological polar surface area (TPSA) is 58.4 Å². The lowest BCUT2D eigenvalue weighted by Crippen LogP contribution is -2.47. The van der Waals surface area contributed by atoms with Gasteiger partial charge in [0, 0.05) is 24.2 Å². The number of nitrogens with one attached hydrogen (secondary N) is 1. The van der Waals surface area contributed by atoms with Gasteiger partial charge in [0.05, 0.1) is 4.92 Å². The summed E-state index contributed by atoms with van der Waals surface area (Å²) in [5, 5.41) is 14.1. The van der Waals surface area contributed by atoms with Crippen LogP contribution in [0.15, 0.2) is 18.2 Å². The molecule has 0 unspecified atom stereocenters. The van der Waals surface area contributed by atoms with E-state index in [9.17, 15) is 14.5 Å². The molecule has 2 rings (SSSR count). The Morgan fingerprint density at radius 2 is 2.05 bits per heavy atom. The van der Waals surface area contributed by atoms with Crippen LogP contribution in [0.2, 0.25) is 0 Å². The highest BCUT2D eigenvalue weighted by molar-refractivity contribution is 5.61. The van der Waals surface area contributed by atoms with Gasteiger partial charge >= 0.3 is 0 Å². The number of nitro groups is 1. The molecular formula is C14H20FN3O2. The van der Waals surface area contributed by atoms with Gasteiger partial charge in [-0.05, 0) is 33.0 Å². The number of likely N-dealkylation sites (N-methyl/N-ethyl adjacent to an activating group) is 1. The number of rotatable bonds is 5. The van der Waals surface area contributed by atoms with Crippen molar-refractivity contribution in [2.75, 3.05) is 26.0 Å². The Morgan fingerprint density at radius 3 is 2.60 bits per heavy atom. The zero-order valence-corrected chi connectivity index (χ0v) is 11.9. The van der Waals surface area contributed by atoms with Crippen LogP contribution in [-0.2, 0) is 0 Å². The van der Waals surface area contributed by atoms with E-state index in [1.807, 2.05) is 14.1 Å². The smallest absolute Gasteiger partial charge is 0.292 e. The molecule has 110 valence electrons. The molecule has 0 aliphatic heterocycles. The third-order valence-corrected chi connectivity index (χ3v) is 4.25. The van der Waals surface area contributed by atoms with E-state index in [0.717, 1.165) is 31.7 Å². The number of nitro benzene ring substituents is 1. The van der Waals surface area contributed by atoms with Crippen LogP contribution in [0.1, 0.15) is 25.7 Å². The Morgan fingerprint density at radius 1 is 1.40 bits per heavy atom. The van der Waals surface area contributed by atoms with Gasteiger partial charge in [-0.25, -0.2) is 4.39 Å². The van der Waals surface area contributed by atoms with Crippen molar-refractivity contribution in [3.8, 4) is 0 Å². The van der Waals surface area contributed by atoms with Crippen molar-refractivity contribution in [3.63, 3.8) is 0 Å². The second kappa shape index (κ2) is 5.75. The Hall–Kier alpha value is -1.69. The van der Waals surface area contributed by atoms with Gasteiger partial charge in [0.25, 0.3) is 5.69 Å². The predicted octanol–water partition coefficient (Wildman–Crippen LogP) is 3.02. The highest BCUT2D eigenvalue weighted by Crippen LogP contribution is 2.35. The van der Waals surface area contributed by atoms with Gasteiger partial charge in [-0.2, -0.15) is 0 Å². The fourth-order valence-corrected chi connectivity index (χ4v) is 2.88. The normalized spacial score (nSPS) is 17.4. The van der Waals surface area contributed by atoms with Gasteiger partial charge in [0.15, 0.2) is 0 Å². The second-order valence-electron chi connectivity index (χ2n) is 5.60. The summed E-state index contributed by atoms with van der Waals surface area (Å²) < 4.78 is 13.3. The Balaban J connectivity index is 2.17. The molecule has 1 aromatic carbocycles. The van der Waals surface area contributed by atoms with E-state index < -0.39 is 10.7 Å². The third-order valence-electron chi connectivity index (χ3n) is 4.25. The average molecular weight is 281 g/mol. The van der Waals surface area contributed by atoms with Gasteiger partial charge in [0.1, 0.15) is 11.5 Å². The monoisotopic (exact) mass is 281 g/mol. The number of hydrogen-bond acceptors (Lipinski definition) is 4. The van der Waals surface area contributed by atoms with Crippen molar-refractivity contribution < 1.29 is 9.31 Å². The summed E-state index contributed by atoms with van der Waals surface area (Å²) in [7, 11) is 4.04. The van der Waals surface area contributed by atoms with Crippen LogP contribution >= 0.6 is 0 Å². The molecule has 0 aromatic heterocycles. The first-order valence-corrected chi connectivity index (χ1v) is 6.80. The molecule has 0 saturated heterocycles. The van der Waals surface area contributed by atoms with E-state index in [-0.39, 0.29) is 16.9 Å². The first-order valence-electron chi connectivity index (χ1n) is 6.80. The molecule has 6 heteroatoms. The molecule has 0 bridgehead atoms. The Kier molecular flexibility index (Phi) is 4.23. The first-order chi connectivity index (χ1) is 9.44. The van der Waals surface area contributed by atoms with E-state index in [1.165, 1.54) is 12.1 Å². The molecule has 0 amide bonds. The molecule has 0 atom stereocenters. The summed E-state index contributed by atoms with van der Waals surface area (Å²) in [4.78, 5) is 12.7. The van der Waals surface area contributed by atoms with Crippen molar-refractivity contribution in [1.29, 1.82) is 0 Å². The molecule has 1 fully saturated rings. The molecule has 1 aliphatic carbocycles. The molecule has 20 heavy (non-hydrogen) atoms. The zero-order valence-electron chi connectivity index (χ0n) is 11.9. The van der Waals surface area contributed by atoms with E-state index in [4.69, 9.17) is 0 Å². The zero-order chi connectivity index (χ0) is 14.8. The standard InChI is InChI=1S/C14H20FN3O2/c1-17(2)14(7-3-4-8-14)10-16-12-9-11(15)5-6-13(12)18(19)20/h5-6,9,16H,3-4,7-8,10H2,1-2H3. The summed E-state index contributed by atoms with van der Waals surface area (Å²) in [5.41, 5.74) is 0.168. The van der Waals surface area contributed by atoms with Crippen LogP contribution in [0, 0.1) is 15.9 Å². The maximum absolute atomic E-state index is 13.3. The minimum absolute atomic E-state index is 0.000185. The maximum Gasteiger partial charge on any atom is 0.292 e. The molecule has 1 saturated carbocycles. The second-order valence-corrected chi connectivity index (χ2v) is 5.60. The van der Waals surface area contributed by atoms with Gasteiger partial charge in [0.2, 0.25) is 0 Å². The predicted molar refractivity (Wildman–Crippen MR) is 76.4 cm³/mol. The lowest BCUT2D eigenvalue weighted by Gasteiger charge is -2.36. The van der Waals surface area contributed by atoms with Gasteiger partial charge in [-0.1, -0.05) is 12.8 Å². The van der Waals surface area contributed by atoms with Crippen LogP contribution in [0.25, 0.3) is 0 Å². The largest absolute Gasteiger partial charge is 0.378 e. The fraction of sp³-hybridized carbons (Fsp3) is 0.571. The Bertz CT molecular complexity index is 499. The number of nitrogens with zero attached hydrogens (tertiary/aromatic N) is 2. The molecule has 1 N–H and O–H groups in total. The van der Waals surface area contributed by atoms with E-state index in [2.05, 4.69) is 10.2 Å². The SMILES string of the molecule is CN(C)C1(CNc2cc(F)ccc2[N+](=O)[O-])CCCC1. The molecule has 1 aromatic rings. The lowest BCUT2D eigenvalue weighted by atomic mass is 9.96. The highest BCUT2D eigenvalue weighted by atomic mass is 19.1. The quantitative estimate of drug-likeness (QED) is 0.665. The average Bonchev–Trinajstić information content (AvgIpc) is 2.86. The molecule has 0 spiro atoms. The Labute approximate surface area is 117 Å². The van der Waals surface area contributed by atoms with Crippen molar-refractivity contribution in [3.05, 3.63) is 34.1 Å². The van der Waals surface area contributed by atoms with Crippen molar-refractivity contribution in [1.82, 2.24) is 4.90 Å². The van der Waals surface area contributed by atoms with E-state index in [1.54, 1.807) is 0 Å². The highest BCUT2D eigenvalue weighted by Gasteiger charge is 2.36. The number of benzene rings is 1. The van der Waals surface area contributed by atoms with Crippen molar-refractivity contribution in [2.24, 2.45) is 0 Å². The number of hydrogen-bond donors (Lipinski definition) is 1. The fourth-order valence-electron chi connectivity index (χ4n) is 2.88. The van der Waals surface area contributed by atoms with Crippen LogP contribution < -0.4 is 5.32 Å². The lowest BCUT2D eigenvalue weighted by molar-refractivity contribution is -0.384. The molecule has 0 radical (unpaired) electrons. The van der Waals surface area contributed by atoms with Crippen molar-refractivity contribution in [2.45, 2.75) is 31.2 Å². The van der Waals surface area contributed by atoms with Crippen LogP contribution in [-0.4, -0.2) is 36.0 Å². The summed E-state index contributed by atoms with van der Waals surface area (Å²) in [6.45, 7) is 0.588. The number of halogens is 1. The molecule has 5 nitrogen and oxygen atoms in total. The summed E-state index contributed by atoms with van der Waals surface area (Å²) in [6.07, 6.45) is 4.42. The summed E-state index contributed by atoms with van der Waals surface area (Å²) in [6, 6.07) is 3.51. The van der Waals surface area contributed by atoms with Gasteiger partial charge in [-0.15, -0.1) is 0 Å². The van der Waals surface area contributed by atoms with E-state index >= 15 is 0 Å². The molecule has 1 aliphatic rings. The van der Waals surface area contributed by atoms with Crippen molar-refractivity contribution >= 4 is 11.4 Å². The van der Waals surface area contributed by atoms with Crippen LogP contribution in [0.5, 0.6) is 0 Å². The molecular weight excluding hydrogens is 261 g/mol. The summed E-state index contributed by atoms with van der Waals surface area (Å²) >= 11 is 0. The minimum atomic E-state index is -0.487. The molecule has 0 heterocycles. The van der Waals surface area contributed by atoms with Gasteiger partial charge < -0.3 is 10.2 Å². The number of anilines is 1. The van der Waals surface area contributed by atoms with Crippen LogP contribution in [0.3, 0.4) is 0 Å². The van der Waals surface area contributed by atoms with Crippen LogP contribution in [0.4, 0.5) is 15.8 Å². The van der Waals surface area contributed by atoms with Gasteiger partial charge in [-0.3, -0.25) is 10.1 Å². The van der Waals surface area contributed by atoms with E-state index in [0.29, 0.717) is 6.54 Å². The third kappa shape index (κ3) is 2.90. The maximum atomic E-state index is 13.3. The minimum Gasteiger partial charge on any atom is -0.378 e.